The number of ether oxygens (including phenoxy) is 2. The van der Waals surface area contributed by atoms with Crippen LogP contribution in [-0.2, 0) is 15.9 Å². The van der Waals surface area contributed by atoms with Crippen molar-refractivity contribution in [1.29, 1.82) is 0 Å². The van der Waals surface area contributed by atoms with Gasteiger partial charge in [0.15, 0.2) is 0 Å². The van der Waals surface area contributed by atoms with Gasteiger partial charge in [0.2, 0.25) is 0 Å². The van der Waals surface area contributed by atoms with E-state index in [0.717, 1.165) is 45.5 Å². The number of hydrogen-bond acceptors (Lipinski definition) is 4. The molecule has 2 aliphatic rings. The Kier molecular flexibility index (Phi) is 3.07. The number of hydrogen-bond donors (Lipinski definition) is 0. The van der Waals surface area contributed by atoms with E-state index < -0.39 is 0 Å². The predicted molar refractivity (Wildman–Crippen MR) is 62.6 cm³/mol. The lowest BCUT2D eigenvalue weighted by molar-refractivity contribution is 0.00698. The molecule has 3 rings (SSSR count). The summed E-state index contributed by atoms with van der Waals surface area (Å²) in [6, 6.07) is 0. The summed E-state index contributed by atoms with van der Waals surface area (Å²) in [5, 5.41) is 0. The summed E-state index contributed by atoms with van der Waals surface area (Å²) >= 11 is 0. The topological polar surface area (TPSA) is 44.2 Å². The highest BCUT2D eigenvalue weighted by Crippen LogP contribution is 2.41. The van der Waals surface area contributed by atoms with Gasteiger partial charge in [0.05, 0.1) is 12.7 Å². The zero-order chi connectivity index (χ0) is 11.6. The van der Waals surface area contributed by atoms with Crippen LogP contribution >= 0.6 is 0 Å². The molecule has 4 nitrogen and oxygen atoms in total. The number of aromatic nitrogens is 2. The molecule has 0 unspecified atom stereocenters. The summed E-state index contributed by atoms with van der Waals surface area (Å²) in [4.78, 5) is 8.09. The van der Waals surface area contributed by atoms with Crippen molar-refractivity contribution in [2.45, 2.75) is 31.8 Å². The zero-order valence-corrected chi connectivity index (χ0v) is 9.97. The molecule has 0 saturated carbocycles. The minimum atomic E-state index is 0.332. The Morgan fingerprint density at radius 1 is 1.24 bits per heavy atom. The van der Waals surface area contributed by atoms with Gasteiger partial charge in [0.25, 0.3) is 0 Å². The normalized spacial score (nSPS) is 27.4. The second-order valence-electron chi connectivity index (χ2n) is 5.20. The third-order valence-corrected chi connectivity index (χ3v) is 3.92. The van der Waals surface area contributed by atoms with E-state index in [1.165, 1.54) is 5.56 Å². The van der Waals surface area contributed by atoms with Gasteiger partial charge in [-0.05, 0) is 24.8 Å². The van der Waals surface area contributed by atoms with E-state index in [2.05, 4.69) is 9.97 Å². The van der Waals surface area contributed by atoms with Crippen LogP contribution in [0.4, 0.5) is 0 Å². The minimum absolute atomic E-state index is 0.332. The second kappa shape index (κ2) is 4.70. The lowest BCUT2D eigenvalue weighted by Gasteiger charge is -2.31. The maximum absolute atomic E-state index is 5.94. The van der Waals surface area contributed by atoms with Crippen molar-refractivity contribution in [2.75, 3.05) is 19.8 Å². The molecule has 0 aromatic carbocycles. The van der Waals surface area contributed by atoms with Crippen LogP contribution in [0.2, 0.25) is 0 Å². The first-order valence-electron chi connectivity index (χ1n) is 6.30. The summed E-state index contributed by atoms with van der Waals surface area (Å²) in [6.07, 6.45) is 10.0. The molecule has 1 spiro atoms. The SMILES string of the molecule is c1ncc(C[C@H]2CC3(CCOCC3)CO2)cn1. The van der Waals surface area contributed by atoms with Crippen molar-refractivity contribution in [3.05, 3.63) is 24.3 Å². The van der Waals surface area contributed by atoms with Crippen LogP contribution in [0.1, 0.15) is 24.8 Å². The van der Waals surface area contributed by atoms with Crippen LogP contribution < -0.4 is 0 Å². The average Bonchev–Trinajstić information content (AvgIpc) is 2.74. The van der Waals surface area contributed by atoms with Crippen molar-refractivity contribution >= 4 is 0 Å². The van der Waals surface area contributed by atoms with E-state index >= 15 is 0 Å². The van der Waals surface area contributed by atoms with Crippen LogP contribution in [0.25, 0.3) is 0 Å². The first kappa shape index (κ1) is 11.1. The van der Waals surface area contributed by atoms with E-state index in [1.54, 1.807) is 6.33 Å². The Morgan fingerprint density at radius 2 is 2.00 bits per heavy atom. The van der Waals surface area contributed by atoms with Crippen molar-refractivity contribution < 1.29 is 9.47 Å². The van der Waals surface area contributed by atoms with Gasteiger partial charge in [0.1, 0.15) is 6.33 Å². The molecule has 1 aromatic heterocycles. The van der Waals surface area contributed by atoms with E-state index in [4.69, 9.17) is 9.47 Å². The quantitative estimate of drug-likeness (QED) is 0.779. The van der Waals surface area contributed by atoms with Crippen LogP contribution in [0.3, 0.4) is 0 Å². The van der Waals surface area contributed by atoms with Gasteiger partial charge in [-0.25, -0.2) is 9.97 Å². The molecular formula is C13H18N2O2. The molecule has 17 heavy (non-hydrogen) atoms. The summed E-state index contributed by atoms with van der Waals surface area (Å²) < 4.78 is 11.4. The van der Waals surface area contributed by atoms with E-state index in [0.29, 0.717) is 11.5 Å². The molecule has 92 valence electrons. The first-order valence-corrected chi connectivity index (χ1v) is 6.30. The lowest BCUT2D eigenvalue weighted by Crippen LogP contribution is -2.30. The fraction of sp³-hybridized carbons (Fsp3) is 0.692. The summed E-state index contributed by atoms with van der Waals surface area (Å²) in [7, 11) is 0. The summed E-state index contributed by atoms with van der Waals surface area (Å²) in [5.41, 5.74) is 1.56. The second-order valence-corrected chi connectivity index (χ2v) is 5.20. The molecular weight excluding hydrogens is 216 g/mol. The van der Waals surface area contributed by atoms with Crippen LogP contribution in [0, 0.1) is 5.41 Å². The Hall–Kier alpha value is -1.00. The maximum Gasteiger partial charge on any atom is 0.115 e. The highest BCUT2D eigenvalue weighted by atomic mass is 16.5. The molecule has 2 aliphatic heterocycles. The van der Waals surface area contributed by atoms with Gasteiger partial charge in [-0.1, -0.05) is 0 Å². The van der Waals surface area contributed by atoms with Crippen LogP contribution in [-0.4, -0.2) is 35.9 Å². The molecule has 3 heterocycles. The van der Waals surface area contributed by atoms with Crippen molar-refractivity contribution in [1.82, 2.24) is 9.97 Å². The molecule has 4 heteroatoms. The summed E-state index contributed by atoms with van der Waals surface area (Å²) in [5.74, 6) is 0. The molecule has 1 atom stereocenters. The lowest BCUT2D eigenvalue weighted by atomic mass is 9.78. The van der Waals surface area contributed by atoms with Gasteiger partial charge in [0, 0.05) is 37.4 Å². The third-order valence-electron chi connectivity index (χ3n) is 3.92. The largest absolute Gasteiger partial charge is 0.381 e. The van der Waals surface area contributed by atoms with Gasteiger partial charge < -0.3 is 9.47 Å². The minimum Gasteiger partial charge on any atom is -0.381 e. The standard InChI is InChI=1S/C13H18N2O2/c1-3-16-4-2-13(1)6-12(17-9-13)5-11-7-14-10-15-8-11/h7-8,10,12H,1-6,9H2/t12-/m0/s1. The van der Waals surface area contributed by atoms with Gasteiger partial charge in [-0.3, -0.25) is 0 Å². The monoisotopic (exact) mass is 234 g/mol. The molecule has 0 bridgehead atoms. The molecule has 0 amide bonds. The average molecular weight is 234 g/mol. The molecule has 1 aromatic rings. The highest BCUT2D eigenvalue weighted by Gasteiger charge is 2.41. The first-order chi connectivity index (χ1) is 8.36. The van der Waals surface area contributed by atoms with Crippen molar-refractivity contribution in [3.63, 3.8) is 0 Å². The van der Waals surface area contributed by atoms with Crippen molar-refractivity contribution in [2.24, 2.45) is 5.41 Å². The van der Waals surface area contributed by atoms with Gasteiger partial charge in [-0.2, -0.15) is 0 Å². The van der Waals surface area contributed by atoms with Crippen LogP contribution in [0.15, 0.2) is 18.7 Å². The Labute approximate surface area is 101 Å². The predicted octanol–water partition coefficient (Wildman–Crippen LogP) is 1.60. The molecule has 0 N–H and O–H groups in total. The molecule has 2 saturated heterocycles. The number of nitrogens with zero attached hydrogens (tertiary/aromatic N) is 2. The Bertz CT molecular complexity index is 363. The zero-order valence-electron chi connectivity index (χ0n) is 9.97. The summed E-state index contributed by atoms with van der Waals surface area (Å²) in [6.45, 7) is 2.68. The fourth-order valence-corrected chi connectivity index (χ4v) is 2.88. The van der Waals surface area contributed by atoms with E-state index in [9.17, 15) is 0 Å². The third kappa shape index (κ3) is 2.48. The highest BCUT2D eigenvalue weighted by molar-refractivity contribution is 5.05. The number of rotatable bonds is 2. The van der Waals surface area contributed by atoms with E-state index in [-0.39, 0.29) is 0 Å². The fourth-order valence-electron chi connectivity index (χ4n) is 2.88. The maximum atomic E-state index is 5.94. The van der Waals surface area contributed by atoms with Crippen molar-refractivity contribution in [3.8, 4) is 0 Å². The van der Waals surface area contributed by atoms with E-state index in [1.807, 2.05) is 12.4 Å². The Balaban J connectivity index is 1.60. The molecule has 2 fully saturated rings. The smallest absolute Gasteiger partial charge is 0.115 e. The van der Waals surface area contributed by atoms with Gasteiger partial charge in [-0.15, -0.1) is 0 Å². The van der Waals surface area contributed by atoms with Crippen LogP contribution in [0.5, 0.6) is 0 Å². The van der Waals surface area contributed by atoms with Gasteiger partial charge >= 0.3 is 0 Å². The molecule has 0 radical (unpaired) electrons. The molecule has 0 aliphatic carbocycles. The Morgan fingerprint density at radius 3 is 2.76 bits per heavy atom.